The van der Waals surface area contributed by atoms with Crippen LogP contribution in [0.15, 0.2) is 83.8 Å². The molecule has 4 aromatic rings. The molecular weight excluding hydrogens is 480 g/mol. The Morgan fingerprint density at radius 2 is 1.75 bits per heavy atom. The van der Waals surface area contributed by atoms with Gasteiger partial charge in [-0.25, -0.2) is 18.2 Å². The number of aromatic nitrogens is 2. The molecule has 0 aliphatic rings. The molecule has 0 fully saturated rings. The van der Waals surface area contributed by atoms with E-state index in [0.717, 1.165) is 0 Å². The van der Waals surface area contributed by atoms with E-state index in [1.807, 2.05) is 0 Å². The molecule has 0 aliphatic carbocycles. The molecule has 3 aromatic carbocycles. The Hall–Kier alpha value is -3.99. The summed E-state index contributed by atoms with van der Waals surface area (Å²) in [5.74, 6) is 0.313. The number of hydrogen-bond acceptors (Lipinski definition) is 6. The van der Waals surface area contributed by atoms with E-state index in [2.05, 4.69) is 10.4 Å². The molecule has 186 valence electrons. The van der Waals surface area contributed by atoms with E-state index in [-0.39, 0.29) is 17.4 Å². The normalized spacial score (nSPS) is 11.3. The van der Waals surface area contributed by atoms with E-state index in [1.165, 1.54) is 6.07 Å². The zero-order valence-corrected chi connectivity index (χ0v) is 20.4. The SMILES string of the molecule is COc1ccc(-n2nc(CCCO)cc2C(=O)Nc2ccc(-c3ccccc3S(N)(=O)=O)cc2)cc1. The van der Waals surface area contributed by atoms with Crippen molar-refractivity contribution in [3.8, 4) is 22.6 Å². The molecule has 0 saturated heterocycles. The Bertz CT molecular complexity index is 1460. The molecule has 1 amide bonds. The molecule has 0 unspecified atom stereocenters. The highest BCUT2D eigenvalue weighted by atomic mass is 32.2. The van der Waals surface area contributed by atoms with E-state index in [1.54, 1.807) is 84.6 Å². The Labute approximate surface area is 209 Å². The Balaban J connectivity index is 1.61. The summed E-state index contributed by atoms with van der Waals surface area (Å²) in [4.78, 5) is 13.2. The highest BCUT2D eigenvalue weighted by Gasteiger charge is 2.18. The number of amides is 1. The summed E-state index contributed by atoms with van der Waals surface area (Å²) < 4.78 is 30.6. The van der Waals surface area contributed by atoms with Gasteiger partial charge in [0.1, 0.15) is 11.4 Å². The van der Waals surface area contributed by atoms with Crippen molar-refractivity contribution in [1.82, 2.24) is 9.78 Å². The van der Waals surface area contributed by atoms with E-state index < -0.39 is 10.0 Å². The molecule has 0 spiro atoms. The maximum absolute atomic E-state index is 13.2. The predicted molar refractivity (Wildman–Crippen MR) is 137 cm³/mol. The summed E-state index contributed by atoms with van der Waals surface area (Å²) in [6, 6.07) is 22.1. The lowest BCUT2D eigenvalue weighted by Crippen LogP contribution is -2.17. The summed E-state index contributed by atoms with van der Waals surface area (Å²) >= 11 is 0. The number of aliphatic hydroxyl groups excluding tert-OH is 1. The second-order valence-electron chi connectivity index (χ2n) is 8.03. The largest absolute Gasteiger partial charge is 0.497 e. The molecule has 0 saturated carbocycles. The van der Waals surface area contributed by atoms with E-state index in [4.69, 9.17) is 9.88 Å². The third-order valence-electron chi connectivity index (χ3n) is 5.55. The average molecular weight is 507 g/mol. The lowest BCUT2D eigenvalue weighted by Gasteiger charge is -2.11. The first kappa shape index (κ1) is 25.1. The second kappa shape index (κ2) is 10.7. The highest BCUT2D eigenvalue weighted by Crippen LogP contribution is 2.28. The van der Waals surface area contributed by atoms with Gasteiger partial charge in [-0.05, 0) is 66.9 Å². The molecule has 0 aliphatic heterocycles. The molecule has 4 N–H and O–H groups in total. The van der Waals surface area contributed by atoms with Crippen molar-refractivity contribution in [3.63, 3.8) is 0 Å². The van der Waals surface area contributed by atoms with E-state index in [0.29, 0.717) is 52.5 Å². The first-order valence-electron chi connectivity index (χ1n) is 11.2. The molecule has 0 atom stereocenters. The standard InChI is InChI=1S/C26H26N4O5S/c1-35-22-14-12-21(13-15-22)30-24(17-20(29-30)5-4-16-31)26(32)28-19-10-8-18(9-11-19)23-6-2-3-7-25(23)36(27,33)34/h2-3,6-15,17,31H,4-5,16H2,1H3,(H,28,32)(H2,27,33,34). The molecule has 0 bridgehead atoms. The minimum atomic E-state index is -3.89. The van der Waals surface area contributed by atoms with E-state index >= 15 is 0 Å². The van der Waals surface area contributed by atoms with Crippen LogP contribution in [-0.4, -0.2) is 42.9 Å². The van der Waals surface area contributed by atoms with Gasteiger partial charge in [0.05, 0.1) is 23.4 Å². The van der Waals surface area contributed by atoms with Crippen LogP contribution in [0.2, 0.25) is 0 Å². The number of sulfonamides is 1. The molecule has 36 heavy (non-hydrogen) atoms. The number of rotatable bonds is 9. The van der Waals surface area contributed by atoms with Crippen LogP contribution in [0.1, 0.15) is 22.6 Å². The molecular formula is C26H26N4O5S. The lowest BCUT2D eigenvalue weighted by molar-refractivity contribution is 0.101. The Kier molecular flexibility index (Phi) is 7.49. The lowest BCUT2D eigenvalue weighted by atomic mass is 10.1. The van der Waals surface area contributed by atoms with Crippen LogP contribution in [0.25, 0.3) is 16.8 Å². The van der Waals surface area contributed by atoms with Crippen molar-refractivity contribution in [3.05, 3.63) is 90.3 Å². The quantitative estimate of drug-likeness (QED) is 0.318. The number of aliphatic hydroxyl groups is 1. The van der Waals surface area contributed by atoms with Crippen molar-refractivity contribution < 1.29 is 23.1 Å². The van der Waals surface area contributed by atoms with Crippen LogP contribution in [0.3, 0.4) is 0 Å². The minimum absolute atomic E-state index is 0.0257. The number of nitrogens with two attached hydrogens (primary N) is 1. The van der Waals surface area contributed by atoms with Crippen molar-refractivity contribution in [2.75, 3.05) is 19.0 Å². The fourth-order valence-corrected chi connectivity index (χ4v) is 4.54. The Morgan fingerprint density at radius 1 is 1.06 bits per heavy atom. The Morgan fingerprint density at radius 3 is 2.39 bits per heavy atom. The van der Waals surface area contributed by atoms with Crippen molar-refractivity contribution in [2.24, 2.45) is 5.14 Å². The van der Waals surface area contributed by atoms with Gasteiger partial charge >= 0.3 is 0 Å². The smallest absolute Gasteiger partial charge is 0.274 e. The summed E-state index contributed by atoms with van der Waals surface area (Å²) in [7, 11) is -2.31. The first-order chi connectivity index (χ1) is 17.3. The van der Waals surface area contributed by atoms with Crippen LogP contribution in [0.4, 0.5) is 5.69 Å². The number of ether oxygens (including phenoxy) is 1. The molecule has 4 rings (SSSR count). The average Bonchev–Trinajstić information content (AvgIpc) is 3.32. The number of carbonyl (C=O) groups excluding carboxylic acids is 1. The topological polar surface area (TPSA) is 137 Å². The van der Waals surface area contributed by atoms with Gasteiger partial charge in [-0.2, -0.15) is 5.10 Å². The molecule has 9 nitrogen and oxygen atoms in total. The maximum atomic E-state index is 13.2. The number of benzene rings is 3. The zero-order chi connectivity index (χ0) is 25.7. The molecule has 1 aromatic heterocycles. The summed E-state index contributed by atoms with van der Waals surface area (Å²) in [5, 5.41) is 22.0. The molecule has 1 heterocycles. The van der Waals surface area contributed by atoms with Gasteiger partial charge < -0.3 is 15.2 Å². The van der Waals surface area contributed by atoms with Gasteiger partial charge in [0.25, 0.3) is 5.91 Å². The molecule has 0 radical (unpaired) electrons. The third kappa shape index (κ3) is 5.62. The maximum Gasteiger partial charge on any atom is 0.274 e. The van der Waals surface area contributed by atoms with Crippen LogP contribution in [-0.2, 0) is 16.4 Å². The number of nitrogens with one attached hydrogen (secondary N) is 1. The van der Waals surface area contributed by atoms with Crippen LogP contribution in [0.5, 0.6) is 5.75 Å². The monoisotopic (exact) mass is 506 g/mol. The van der Waals surface area contributed by atoms with Gasteiger partial charge in [0.15, 0.2) is 0 Å². The highest BCUT2D eigenvalue weighted by molar-refractivity contribution is 7.89. The van der Waals surface area contributed by atoms with Gasteiger partial charge in [0, 0.05) is 17.9 Å². The van der Waals surface area contributed by atoms with Gasteiger partial charge in [-0.3, -0.25) is 4.79 Å². The molecule has 10 heteroatoms. The number of hydrogen-bond donors (Lipinski definition) is 3. The van der Waals surface area contributed by atoms with Crippen molar-refractivity contribution in [2.45, 2.75) is 17.7 Å². The van der Waals surface area contributed by atoms with E-state index in [9.17, 15) is 18.3 Å². The summed E-state index contributed by atoms with van der Waals surface area (Å²) in [5.41, 5.74) is 3.34. The number of aryl methyl sites for hydroxylation is 1. The zero-order valence-electron chi connectivity index (χ0n) is 19.6. The number of carbonyl (C=O) groups is 1. The van der Waals surface area contributed by atoms with Crippen LogP contribution >= 0.6 is 0 Å². The van der Waals surface area contributed by atoms with Crippen molar-refractivity contribution in [1.29, 1.82) is 0 Å². The van der Waals surface area contributed by atoms with Gasteiger partial charge in [0.2, 0.25) is 10.0 Å². The third-order valence-corrected chi connectivity index (χ3v) is 6.52. The fraction of sp³-hybridized carbons (Fsp3) is 0.154. The van der Waals surface area contributed by atoms with Crippen LogP contribution < -0.4 is 15.2 Å². The number of primary sulfonamides is 1. The summed E-state index contributed by atoms with van der Waals surface area (Å²) in [6.07, 6.45) is 1.06. The fourth-order valence-electron chi connectivity index (χ4n) is 3.78. The number of methoxy groups -OCH3 is 1. The van der Waals surface area contributed by atoms with Crippen LogP contribution in [0, 0.1) is 0 Å². The minimum Gasteiger partial charge on any atom is -0.497 e. The van der Waals surface area contributed by atoms with Gasteiger partial charge in [-0.1, -0.05) is 30.3 Å². The number of anilines is 1. The first-order valence-corrected chi connectivity index (χ1v) is 12.7. The predicted octanol–water partition coefficient (Wildman–Crippen LogP) is 3.37. The summed E-state index contributed by atoms with van der Waals surface area (Å²) in [6.45, 7) is 0.0257. The van der Waals surface area contributed by atoms with Crippen molar-refractivity contribution >= 4 is 21.6 Å². The second-order valence-corrected chi connectivity index (χ2v) is 9.56. The van der Waals surface area contributed by atoms with Gasteiger partial charge in [-0.15, -0.1) is 0 Å². The number of nitrogens with zero attached hydrogens (tertiary/aromatic N) is 2.